The molecule has 0 spiro atoms. The Balaban J connectivity index is 0.684. The van der Waals surface area contributed by atoms with Gasteiger partial charge in [0.1, 0.15) is 35.2 Å². The van der Waals surface area contributed by atoms with Crippen LogP contribution in [0.4, 0.5) is 20.3 Å². The summed E-state index contributed by atoms with van der Waals surface area (Å²) in [5.41, 5.74) is 2.13. The maximum absolute atomic E-state index is 16.0. The maximum Gasteiger partial charge on any atom is 0.255 e. The molecule has 2 aromatic heterocycles. The summed E-state index contributed by atoms with van der Waals surface area (Å²) in [6.45, 7) is 8.25. The topological polar surface area (TPSA) is 143 Å². The Morgan fingerprint density at radius 1 is 0.914 bits per heavy atom. The highest BCUT2D eigenvalue weighted by atomic mass is 19.1. The first-order valence-corrected chi connectivity index (χ1v) is 20.6. The van der Waals surface area contributed by atoms with E-state index in [1.54, 1.807) is 18.5 Å². The number of imide groups is 1. The van der Waals surface area contributed by atoms with Gasteiger partial charge < -0.3 is 19.4 Å². The number of H-pyrrole nitrogens is 1. The molecule has 10 rings (SSSR count). The van der Waals surface area contributed by atoms with Gasteiger partial charge in [-0.1, -0.05) is 0 Å². The van der Waals surface area contributed by atoms with Crippen LogP contribution in [0.3, 0.4) is 0 Å². The number of alkyl halides is 1. The number of likely N-dealkylation sites (tertiary alicyclic amines) is 1. The molecule has 4 saturated heterocycles. The number of fused-ring (bicyclic) bond motifs is 2. The Morgan fingerprint density at radius 3 is 2.47 bits per heavy atom. The van der Waals surface area contributed by atoms with Gasteiger partial charge in [-0.3, -0.25) is 34.6 Å². The van der Waals surface area contributed by atoms with Crippen molar-refractivity contribution in [3.63, 3.8) is 0 Å². The number of carbonyl (C=O) groups is 3. The van der Waals surface area contributed by atoms with Crippen molar-refractivity contribution in [1.82, 2.24) is 40.2 Å². The molecule has 58 heavy (non-hydrogen) atoms. The fourth-order valence-corrected chi connectivity index (χ4v) is 9.55. The standard InChI is InChI=1S/C42H48F2N10O4/c1-41(10-11-41)58-27-2-4-31-29(18-27)38(49-48-31)32-19-35(46-25-45-32)53-12-8-26(9-13-53)20-51-23-42(44,24-51)22-50-14-16-52(17-15-50)33-5-3-28-30(37(33)43)21-54(40(28)57)34-6-7-36(55)47-39(34)56/h2-5,18-19,25-26,34H,6-17,20-24H2,1H3,(H,48,49)(H,47,55,56). The molecule has 16 heteroatoms. The van der Waals surface area contributed by atoms with E-state index in [0.717, 1.165) is 79.2 Å². The molecule has 2 N–H and O–H groups in total. The third-order valence-corrected chi connectivity index (χ3v) is 13.1. The molecule has 2 aromatic carbocycles. The van der Waals surface area contributed by atoms with Gasteiger partial charge in [-0.25, -0.2) is 18.7 Å². The molecular weight excluding hydrogens is 747 g/mol. The molecule has 5 fully saturated rings. The predicted octanol–water partition coefficient (Wildman–Crippen LogP) is 3.91. The van der Waals surface area contributed by atoms with Crippen molar-refractivity contribution < 1.29 is 27.9 Å². The van der Waals surface area contributed by atoms with Gasteiger partial charge in [0.05, 0.1) is 29.1 Å². The summed E-state index contributed by atoms with van der Waals surface area (Å²) in [5, 5.41) is 10.9. The van der Waals surface area contributed by atoms with E-state index in [-0.39, 0.29) is 42.0 Å². The molecule has 1 unspecified atom stereocenters. The number of benzene rings is 2. The van der Waals surface area contributed by atoms with Crippen molar-refractivity contribution in [1.29, 1.82) is 0 Å². The first-order valence-electron chi connectivity index (χ1n) is 20.6. The van der Waals surface area contributed by atoms with E-state index in [9.17, 15) is 14.4 Å². The number of nitrogens with zero attached hydrogens (tertiary/aromatic N) is 8. The van der Waals surface area contributed by atoms with Gasteiger partial charge in [-0.2, -0.15) is 5.10 Å². The minimum atomic E-state index is -1.27. The molecule has 5 aliphatic heterocycles. The van der Waals surface area contributed by atoms with E-state index >= 15 is 8.78 Å². The molecule has 3 amide bonds. The third-order valence-electron chi connectivity index (χ3n) is 13.1. The zero-order chi connectivity index (χ0) is 39.8. The lowest BCUT2D eigenvalue weighted by Crippen LogP contribution is -2.65. The largest absolute Gasteiger partial charge is 0.488 e. The van der Waals surface area contributed by atoms with Crippen LogP contribution in [-0.4, -0.2) is 135 Å². The van der Waals surface area contributed by atoms with Crippen LogP contribution in [-0.2, 0) is 16.1 Å². The number of nitrogens with one attached hydrogen (secondary N) is 2. The van der Waals surface area contributed by atoms with E-state index in [2.05, 4.69) is 47.1 Å². The molecule has 0 radical (unpaired) electrons. The van der Waals surface area contributed by atoms with Crippen LogP contribution in [0.5, 0.6) is 5.75 Å². The highest BCUT2D eigenvalue weighted by Crippen LogP contribution is 2.41. The number of piperazine rings is 1. The molecular formula is C42H48F2N10O4. The number of carbonyl (C=O) groups excluding carboxylic acids is 3. The Bertz CT molecular complexity index is 2280. The van der Waals surface area contributed by atoms with E-state index in [0.29, 0.717) is 57.4 Å². The summed E-state index contributed by atoms with van der Waals surface area (Å²) in [7, 11) is 0. The maximum atomic E-state index is 16.0. The van der Waals surface area contributed by atoms with Crippen LogP contribution in [0.15, 0.2) is 42.7 Å². The minimum Gasteiger partial charge on any atom is -0.488 e. The van der Waals surface area contributed by atoms with E-state index < -0.39 is 29.3 Å². The summed E-state index contributed by atoms with van der Waals surface area (Å²) in [5.74, 6) is 0.485. The summed E-state index contributed by atoms with van der Waals surface area (Å²) in [6, 6.07) is 10.5. The number of ether oxygens (including phenoxy) is 1. The van der Waals surface area contributed by atoms with Crippen LogP contribution in [0.25, 0.3) is 22.3 Å². The predicted molar refractivity (Wildman–Crippen MR) is 212 cm³/mol. The van der Waals surface area contributed by atoms with E-state index in [4.69, 9.17) is 4.74 Å². The molecule has 1 atom stereocenters. The Labute approximate surface area is 334 Å². The van der Waals surface area contributed by atoms with Crippen molar-refractivity contribution >= 4 is 40.1 Å². The fourth-order valence-electron chi connectivity index (χ4n) is 9.55. The van der Waals surface area contributed by atoms with Gasteiger partial charge in [0.2, 0.25) is 11.8 Å². The van der Waals surface area contributed by atoms with Gasteiger partial charge in [0.25, 0.3) is 5.91 Å². The number of anilines is 2. The first-order chi connectivity index (χ1) is 28.0. The van der Waals surface area contributed by atoms with E-state index in [1.807, 2.05) is 29.2 Å². The van der Waals surface area contributed by atoms with Crippen LogP contribution in [0.2, 0.25) is 0 Å². The number of aromatic amines is 1. The van der Waals surface area contributed by atoms with Crippen molar-refractivity contribution in [3.05, 3.63) is 59.7 Å². The number of hydrogen-bond acceptors (Lipinski definition) is 11. The van der Waals surface area contributed by atoms with Crippen molar-refractivity contribution in [2.45, 2.75) is 69.3 Å². The Morgan fingerprint density at radius 2 is 1.71 bits per heavy atom. The lowest BCUT2D eigenvalue weighted by Gasteiger charge is -2.49. The van der Waals surface area contributed by atoms with Gasteiger partial charge in [0, 0.05) is 94.4 Å². The van der Waals surface area contributed by atoms with Crippen LogP contribution >= 0.6 is 0 Å². The van der Waals surface area contributed by atoms with Crippen LogP contribution in [0, 0.1) is 11.7 Å². The number of rotatable bonds is 10. The molecule has 7 heterocycles. The first kappa shape index (κ1) is 37.1. The van der Waals surface area contributed by atoms with Crippen molar-refractivity contribution in [2.75, 3.05) is 75.2 Å². The second-order valence-electron chi connectivity index (χ2n) is 17.4. The van der Waals surface area contributed by atoms with Crippen LogP contribution in [0.1, 0.15) is 61.4 Å². The van der Waals surface area contributed by atoms with E-state index in [1.165, 1.54) is 4.90 Å². The second kappa shape index (κ2) is 14.3. The number of hydrogen-bond donors (Lipinski definition) is 2. The Hall–Kier alpha value is -5.22. The van der Waals surface area contributed by atoms with Gasteiger partial charge in [-0.15, -0.1) is 0 Å². The highest BCUT2D eigenvalue weighted by Gasteiger charge is 2.46. The summed E-state index contributed by atoms with van der Waals surface area (Å²) >= 11 is 0. The number of aromatic nitrogens is 4. The van der Waals surface area contributed by atoms with Gasteiger partial charge in [0.15, 0.2) is 5.82 Å². The minimum absolute atomic E-state index is 0.00953. The summed E-state index contributed by atoms with van der Waals surface area (Å²) in [6.07, 6.45) is 6.13. The lowest BCUT2D eigenvalue weighted by atomic mass is 9.90. The number of piperidine rings is 2. The number of halogens is 2. The molecule has 6 aliphatic rings. The average molecular weight is 795 g/mol. The zero-order valence-corrected chi connectivity index (χ0v) is 32.7. The number of amides is 3. The quantitative estimate of drug-likeness (QED) is 0.226. The van der Waals surface area contributed by atoms with Crippen LogP contribution < -0.4 is 19.9 Å². The fraction of sp³-hybridized carbons (Fsp3) is 0.524. The van der Waals surface area contributed by atoms with Crippen molar-refractivity contribution in [2.24, 2.45) is 5.92 Å². The smallest absolute Gasteiger partial charge is 0.255 e. The lowest BCUT2D eigenvalue weighted by molar-refractivity contribution is -0.136. The molecule has 1 aliphatic carbocycles. The monoisotopic (exact) mass is 794 g/mol. The normalized spacial score (nSPS) is 23.6. The molecule has 14 nitrogen and oxygen atoms in total. The van der Waals surface area contributed by atoms with Gasteiger partial charge in [-0.05, 0) is 75.3 Å². The molecule has 304 valence electrons. The third kappa shape index (κ3) is 7.03. The molecule has 4 aromatic rings. The second-order valence-corrected chi connectivity index (χ2v) is 17.4. The zero-order valence-electron chi connectivity index (χ0n) is 32.7. The molecule has 1 saturated carbocycles. The summed E-state index contributed by atoms with van der Waals surface area (Å²) < 4.78 is 38.1. The average Bonchev–Trinajstić information content (AvgIpc) is 3.62. The molecule has 0 bridgehead atoms. The van der Waals surface area contributed by atoms with Crippen molar-refractivity contribution in [3.8, 4) is 17.1 Å². The SMILES string of the molecule is CC1(Oc2ccc3n[nH]c(-c4cc(N5CCC(CN6CC(F)(CN7CCN(c8ccc9c(c8F)CN(C8CCC(=O)NC8=O)C9=O)CC7)C6)CC5)ncn4)c3c2)CC1. The highest BCUT2D eigenvalue weighted by molar-refractivity contribution is 6.05. The Kier molecular flexibility index (Phi) is 9.11. The summed E-state index contributed by atoms with van der Waals surface area (Å²) in [4.78, 5) is 56.3. The van der Waals surface area contributed by atoms with Gasteiger partial charge >= 0.3 is 0 Å².